The number of aryl methyl sites for hydroxylation is 1. The fourth-order valence-corrected chi connectivity index (χ4v) is 2.23. The fourth-order valence-electron chi connectivity index (χ4n) is 2.23. The average molecular weight is 351 g/mol. The van der Waals surface area contributed by atoms with Crippen molar-refractivity contribution in [1.29, 1.82) is 0 Å². The molecule has 1 aromatic heterocycles. The summed E-state index contributed by atoms with van der Waals surface area (Å²) in [6, 6.07) is 6.65. The van der Waals surface area contributed by atoms with Gasteiger partial charge in [-0.1, -0.05) is 18.2 Å². The predicted molar refractivity (Wildman–Crippen MR) is 92.9 cm³/mol. The lowest BCUT2D eigenvalue weighted by Crippen LogP contribution is -2.38. The Labute approximate surface area is 145 Å². The summed E-state index contributed by atoms with van der Waals surface area (Å²) in [5.74, 6) is 0.752. The second-order valence-corrected chi connectivity index (χ2v) is 5.39. The molecule has 0 amide bonds. The molecule has 0 saturated heterocycles. The van der Waals surface area contributed by atoms with Gasteiger partial charge in [-0.05, 0) is 25.5 Å². The van der Waals surface area contributed by atoms with Crippen molar-refractivity contribution >= 4 is 5.96 Å². The highest BCUT2D eigenvalue weighted by Crippen LogP contribution is 2.20. The van der Waals surface area contributed by atoms with Crippen LogP contribution in [0.4, 0.5) is 8.78 Å². The van der Waals surface area contributed by atoms with Crippen LogP contribution < -0.4 is 15.4 Å². The zero-order valence-corrected chi connectivity index (χ0v) is 14.4. The minimum absolute atomic E-state index is 0.143. The van der Waals surface area contributed by atoms with Gasteiger partial charge in [0.05, 0.1) is 19.3 Å². The summed E-state index contributed by atoms with van der Waals surface area (Å²) in [5.41, 5.74) is 1.71. The Balaban J connectivity index is 1.94. The molecule has 0 aliphatic heterocycles. The van der Waals surface area contributed by atoms with Crippen LogP contribution in [0, 0.1) is 6.92 Å². The van der Waals surface area contributed by atoms with Gasteiger partial charge in [0.25, 0.3) is 0 Å². The number of ether oxygens (including phenoxy) is 1. The molecule has 2 N–H and O–H groups in total. The fraction of sp³-hybridized carbons (Fsp3) is 0.412. The number of hydrogen-bond acceptors (Lipinski definition) is 3. The van der Waals surface area contributed by atoms with Crippen molar-refractivity contribution in [1.82, 2.24) is 20.4 Å². The van der Waals surface area contributed by atoms with Gasteiger partial charge >= 0.3 is 6.61 Å². The number of para-hydroxylation sites is 1. The molecule has 8 heteroatoms. The van der Waals surface area contributed by atoms with Gasteiger partial charge in [-0.25, -0.2) is 4.99 Å². The molecule has 0 aliphatic rings. The van der Waals surface area contributed by atoms with Crippen LogP contribution >= 0.6 is 0 Å². The van der Waals surface area contributed by atoms with Crippen LogP contribution in [0.2, 0.25) is 0 Å². The van der Waals surface area contributed by atoms with E-state index in [4.69, 9.17) is 0 Å². The summed E-state index contributed by atoms with van der Waals surface area (Å²) in [6.07, 6.45) is 3.77. The number of rotatable bonds is 8. The maximum atomic E-state index is 12.5. The van der Waals surface area contributed by atoms with Crippen LogP contribution in [-0.2, 0) is 13.1 Å². The van der Waals surface area contributed by atoms with Gasteiger partial charge in [-0.2, -0.15) is 13.9 Å². The Morgan fingerprint density at radius 3 is 2.80 bits per heavy atom. The van der Waals surface area contributed by atoms with Crippen molar-refractivity contribution in [2.24, 2.45) is 4.99 Å². The quantitative estimate of drug-likeness (QED) is 0.567. The molecule has 0 spiro atoms. The van der Waals surface area contributed by atoms with E-state index >= 15 is 0 Å². The van der Waals surface area contributed by atoms with E-state index in [1.54, 1.807) is 24.4 Å². The first-order chi connectivity index (χ1) is 12.1. The van der Waals surface area contributed by atoms with Gasteiger partial charge in [-0.15, -0.1) is 0 Å². The maximum absolute atomic E-state index is 12.5. The summed E-state index contributed by atoms with van der Waals surface area (Å²) >= 11 is 0. The Kier molecular flexibility index (Phi) is 7.18. The monoisotopic (exact) mass is 351 g/mol. The van der Waals surface area contributed by atoms with Crippen molar-refractivity contribution in [3.63, 3.8) is 0 Å². The highest BCUT2D eigenvalue weighted by Gasteiger charge is 2.09. The normalized spacial score (nSPS) is 11.6. The summed E-state index contributed by atoms with van der Waals surface area (Å²) in [4.78, 5) is 4.43. The highest BCUT2D eigenvalue weighted by molar-refractivity contribution is 5.79. The van der Waals surface area contributed by atoms with E-state index in [9.17, 15) is 8.78 Å². The number of nitrogens with zero attached hydrogens (tertiary/aromatic N) is 3. The number of hydrogen-bond donors (Lipinski definition) is 2. The molecule has 1 aromatic carbocycles. The molecule has 2 rings (SSSR count). The molecule has 0 fully saturated rings. The number of aliphatic imine (C=N–C) groups is 1. The highest BCUT2D eigenvalue weighted by atomic mass is 19.3. The third-order valence-electron chi connectivity index (χ3n) is 3.34. The van der Waals surface area contributed by atoms with Crippen LogP contribution in [0.15, 0.2) is 41.7 Å². The van der Waals surface area contributed by atoms with Crippen LogP contribution in [0.3, 0.4) is 0 Å². The number of benzene rings is 1. The largest absolute Gasteiger partial charge is 0.434 e. The van der Waals surface area contributed by atoms with E-state index in [0.717, 1.165) is 5.56 Å². The lowest BCUT2D eigenvalue weighted by Gasteiger charge is -2.12. The molecule has 2 aromatic rings. The first-order valence-corrected chi connectivity index (χ1v) is 8.12. The summed E-state index contributed by atoms with van der Waals surface area (Å²) in [7, 11) is 0. The molecule has 0 bridgehead atoms. The number of nitrogens with one attached hydrogen (secondary N) is 2. The van der Waals surface area contributed by atoms with Crippen molar-refractivity contribution in [3.05, 3.63) is 47.8 Å². The molecule has 0 unspecified atom stereocenters. The van der Waals surface area contributed by atoms with E-state index in [2.05, 4.69) is 25.5 Å². The van der Waals surface area contributed by atoms with Gasteiger partial charge in [0.1, 0.15) is 5.75 Å². The molecule has 0 aliphatic carbocycles. The second kappa shape index (κ2) is 9.61. The van der Waals surface area contributed by atoms with Gasteiger partial charge in [0.2, 0.25) is 0 Å². The van der Waals surface area contributed by atoms with Crippen LogP contribution in [0.25, 0.3) is 0 Å². The van der Waals surface area contributed by atoms with E-state index in [1.807, 2.05) is 24.7 Å². The Bertz CT molecular complexity index is 687. The minimum Gasteiger partial charge on any atom is -0.434 e. The lowest BCUT2D eigenvalue weighted by molar-refractivity contribution is -0.0504. The zero-order valence-electron chi connectivity index (χ0n) is 14.4. The van der Waals surface area contributed by atoms with Gasteiger partial charge in [0.15, 0.2) is 5.96 Å². The molecule has 25 heavy (non-hydrogen) atoms. The topological polar surface area (TPSA) is 63.5 Å². The van der Waals surface area contributed by atoms with E-state index in [1.165, 1.54) is 6.07 Å². The van der Waals surface area contributed by atoms with E-state index < -0.39 is 6.61 Å². The average Bonchev–Trinajstić information content (AvgIpc) is 2.98. The van der Waals surface area contributed by atoms with E-state index in [-0.39, 0.29) is 12.3 Å². The molecular formula is C17H23F2N5O. The standard InChI is InChI=1S/C17H23F2N5O/c1-3-20-17(21-8-9-24-12-13(2)10-23-24)22-11-14-6-4-5-7-15(14)25-16(18)19/h4-7,10,12,16H,3,8-9,11H2,1-2H3,(H2,20,21,22). The molecule has 136 valence electrons. The van der Waals surface area contributed by atoms with Crippen molar-refractivity contribution in [2.75, 3.05) is 13.1 Å². The third-order valence-corrected chi connectivity index (χ3v) is 3.34. The molecule has 0 atom stereocenters. The van der Waals surface area contributed by atoms with Crippen LogP contribution in [0.5, 0.6) is 5.75 Å². The first-order valence-electron chi connectivity index (χ1n) is 8.12. The second-order valence-electron chi connectivity index (χ2n) is 5.39. The Hall–Kier alpha value is -2.64. The van der Waals surface area contributed by atoms with Gasteiger partial charge in [-0.3, -0.25) is 4.68 Å². The number of guanidine groups is 1. The van der Waals surface area contributed by atoms with Gasteiger partial charge in [0, 0.05) is 24.8 Å². The van der Waals surface area contributed by atoms with Gasteiger partial charge < -0.3 is 15.4 Å². The number of alkyl halides is 2. The summed E-state index contributed by atoms with van der Waals surface area (Å²) < 4.78 is 31.3. The van der Waals surface area contributed by atoms with Crippen molar-refractivity contribution in [3.8, 4) is 5.75 Å². The SMILES string of the molecule is CCNC(=NCc1ccccc1OC(F)F)NCCn1cc(C)cn1. The molecule has 6 nitrogen and oxygen atoms in total. The van der Waals surface area contributed by atoms with Crippen molar-refractivity contribution in [2.45, 2.75) is 33.5 Å². The molecular weight excluding hydrogens is 328 g/mol. The van der Waals surface area contributed by atoms with Crippen LogP contribution in [-0.4, -0.2) is 35.4 Å². The number of halogens is 2. The summed E-state index contributed by atoms with van der Waals surface area (Å²) in [6.45, 7) is 3.37. The molecule has 1 heterocycles. The van der Waals surface area contributed by atoms with Crippen LogP contribution in [0.1, 0.15) is 18.1 Å². The minimum atomic E-state index is -2.85. The predicted octanol–water partition coefficient (Wildman–Crippen LogP) is 2.55. The number of aromatic nitrogens is 2. The smallest absolute Gasteiger partial charge is 0.387 e. The maximum Gasteiger partial charge on any atom is 0.387 e. The lowest BCUT2D eigenvalue weighted by atomic mass is 10.2. The van der Waals surface area contributed by atoms with Crippen molar-refractivity contribution < 1.29 is 13.5 Å². The Morgan fingerprint density at radius 1 is 1.32 bits per heavy atom. The molecule has 0 saturated carbocycles. The van der Waals surface area contributed by atoms with E-state index in [0.29, 0.717) is 31.2 Å². The summed E-state index contributed by atoms with van der Waals surface area (Å²) in [5, 5.41) is 10.5. The zero-order chi connectivity index (χ0) is 18.1. The Morgan fingerprint density at radius 2 is 2.12 bits per heavy atom. The third kappa shape index (κ3) is 6.40. The first kappa shape index (κ1) is 18.7. The molecule has 0 radical (unpaired) electrons.